The molecule has 21 heavy (non-hydrogen) atoms. The summed E-state index contributed by atoms with van der Waals surface area (Å²) in [4.78, 5) is 24.6. The van der Waals surface area contributed by atoms with E-state index in [4.69, 9.17) is 11.6 Å². The summed E-state index contributed by atoms with van der Waals surface area (Å²) in [7, 11) is 0. The Morgan fingerprint density at radius 2 is 1.90 bits per heavy atom. The SMILES string of the molecule is O=C(CNC(=O)c1ccccc1Cl)NCc1ccc(Br)s1. The summed E-state index contributed by atoms with van der Waals surface area (Å²) < 4.78 is 1.01. The van der Waals surface area contributed by atoms with E-state index in [1.54, 1.807) is 35.6 Å². The molecule has 7 heteroatoms. The van der Waals surface area contributed by atoms with Gasteiger partial charge in [-0.3, -0.25) is 9.59 Å². The van der Waals surface area contributed by atoms with Gasteiger partial charge in [0, 0.05) is 4.88 Å². The molecule has 110 valence electrons. The van der Waals surface area contributed by atoms with Gasteiger partial charge in [0.05, 0.1) is 27.5 Å². The van der Waals surface area contributed by atoms with Crippen LogP contribution < -0.4 is 10.6 Å². The highest BCUT2D eigenvalue weighted by Gasteiger charge is 2.10. The van der Waals surface area contributed by atoms with Crippen LogP contribution >= 0.6 is 38.9 Å². The van der Waals surface area contributed by atoms with E-state index in [9.17, 15) is 9.59 Å². The predicted molar refractivity (Wildman–Crippen MR) is 87.7 cm³/mol. The second kappa shape index (κ2) is 7.59. The zero-order chi connectivity index (χ0) is 15.2. The quantitative estimate of drug-likeness (QED) is 0.827. The van der Waals surface area contributed by atoms with Gasteiger partial charge in [-0.1, -0.05) is 23.7 Å². The van der Waals surface area contributed by atoms with Crippen LogP contribution in [0.4, 0.5) is 0 Å². The van der Waals surface area contributed by atoms with Gasteiger partial charge in [-0.15, -0.1) is 11.3 Å². The lowest BCUT2D eigenvalue weighted by atomic mass is 10.2. The molecule has 0 bridgehead atoms. The molecule has 0 spiro atoms. The fraction of sp³-hybridized carbons (Fsp3) is 0.143. The zero-order valence-electron chi connectivity index (χ0n) is 10.9. The van der Waals surface area contributed by atoms with E-state index in [1.165, 1.54) is 0 Å². The van der Waals surface area contributed by atoms with E-state index in [0.29, 0.717) is 17.1 Å². The van der Waals surface area contributed by atoms with Crippen LogP contribution in [0.5, 0.6) is 0 Å². The average Bonchev–Trinajstić information content (AvgIpc) is 2.89. The Labute approximate surface area is 139 Å². The second-order valence-electron chi connectivity index (χ2n) is 4.15. The summed E-state index contributed by atoms with van der Waals surface area (Å²) in [6, 6.07) is 10.5. The Balaban J connectivity index is 1.79. The summed E-state index contributed by atoms with van der Waals surface area (Å²) in [6.07, 6.45) is 0. The smallest absolute Gasteiger partial charge is 0.253 e. The minimum Gasteiger partial charge on any atom is -0.350 e. The zero-order valence-corrected chi connectivity index (χ0v) is 14.0. The van der Waals surface area contributed by atoms with Crippen molar-refractivity contribution in [2.75, 3.05) is 6.54 Å². The normalized spacial score (nSPS) is 10.2. The Kier molecular flexibility index (Phi) is 5.78. The van der Waals surface area contributed by atoms with E-state index >= 15 is 0 Å². The van der Waals surface area contributed by atoms with Crippen molar-refractivity contribution in [2.45, 2.75) is 6.54 Å². The third kappa shape index (κ3) is 4.84. The molecule has 2 amide bonds. The van der Waals surface area contributed by atoms with Crippen molar-refractivity contribution in [3.63, 3.8) is 0 Å². The van der Waals surface area contributed by atoms with Crippen molar-refractivity contribution in [2.24, 2.45) is 0 Å². The molecule has 0 aliphatic heterocycles. The van der Waals surface area contributed by atoms with Crippen molar-refractivity contribution in [3.8, 4) is 0 Å². The van der Waals surface area contributed by atoms with Gasteiger partial charge in [0.1, 0.15) is 0 Å². The van der Waals surface area contributed by atoms with Gasteiger partial charge >= 0.3 is 0 Å². The molecule has 2 rings (SSSR count). The van der Waals surface area contributed by atoms with Crippen molar-refractivity contribution in [3.05, 3.63) is 55.6 Å². The number of carbonyl (C=O) groups excluding carboxylic acids is 2. The number of hydrogen-bond donors (Lipinski definition) is 2. The topological polar surface area (TPSA) is 58.2 Å². The Morgan fingerprint density at radius 1 is 1.14 bits per heavy atom. The summed E-state index contributed by atoms with van der Waals surface area (Å²) >= 11 is 10.8. The van der Waals surface area contributed by atoms with E-state index in [2.05, 4.69) is 26.6 Å². The molecule has 2 N–H and O–H groups in total. The van der Waals surface area contributed by atoms with Crippen LogP contribution in [0.2, 0.25) is 5.02 Å². The first-order valence-corrected chi connectivity index (χ1v) is 8.08. The molecule has 2 aromatic rings. The van der Waals surface area contributed by atoms with Crippen LogP contribution in [0.3, 0.4) is 0 Å². The number of rotatable bonds is 5. The molecule has 0 saturated carbocycles. The minimum absolute atomic E-state index is 0.0867. The Bertz CT molecular complexity index is 660. The molecule has 1 aromatic carbocycles. The number of nitrogens with one attached hydrogen (secondary N) is 2. The van der Waals surface area contributed by atoms with Crippen LogP contribution in [0, 0.1) is 0 Å². The van der Waals surface area contributed by atoms with Gasteiger partial charge in [-0.25, -0.2) is 0 Å². The van der Waals surface area contributed by atoms with Crippen LogP contribution in [0.15, 0.2) is 40.2 Å². The number of benzene rings is 1. The monoisotopic (exact) mass is 386 g/mol. The van der Waals surface area contributed by atoms with Crippen LogP contribution in [0.25, 0.3) is 0 Å². The van der Waals surface area contributed by atoms with Crippen LogP contribution in [-0.2, 0) is 11.3 Å². The van der Waals surface area contributed by atoms with E-state index in [-0.39, 0.29) is 18.4 Å². The fourth-order valence-electron chi connectivity index (χ4n) is 1.60. The molecule has 0 atom stereocenters. The summed E-state index contributed by atoms with van der Waals surface area (Å²) in [5.74, 6) is -0.616. The first-order valence-electron chi connectivity index (χ1n) is 6.10. The lowest BCUT2D eigenvalue weighted by Crippen LogP contribution is -2.36. The summed E-state index contributed by atoms with van der Waals surface area (Å²) in [5, 5.41) is 5.64. The number of halogens is 2. The third-order valence-corrected chi connectivity index (χ3v) is 4.57. The van der Waals surface area contributed by atoms with E-state index in [1.807, 2.05) is 12.1 Å². The van der Waals surface area contributed by atoms with Crippen molar-refractivity contribution in [1.29, 1.82) is 0 Å². The van der Waals surface area contributed by atoms with Crippen molar-refractivity contribution in [1.82, 2.24) is 10.6 Å². The van der Waals surface area contributed by atoms with Crippen molar-refractivity contribution >= 4 is 50.7 Å². The number of amides is 2. The molecule has 0 aliphatic rings. The van der Waals surface area contributed by atoms with Gasteiger partial charge in [0.2, 0.25) is 5.91 Å². The van der Waals surface area contributed by atoms with E-state index in [0.717, 1.165) is 8.66 Å². The maximum Gasteiger partial charge on any atom is 0.253 e. The van der Waals surface area contributed by atoms with Crippen LogP contribution in [0.1, 0.15) is 15.2 Å². The van der Waals surface area contributed by atoms with Gasteiger partial charge in [0.15, 0.2) is 0 Å². The maximum atomic E-state index is 11.9. The summed E-state index contributed by atoms with van der Waals surface area (Å²) in [5.41, 5.74) is 0.356. The first-order chi connectivity index (χ1) is 10.1. The summed E-state index contributed by atoms with van der Waals surface area (Å²) in [6.45, 7) is 0.355. The van der Waals surface area contributed by atoms with Gasteiger partial charge in [-0.05, 0) is 40.2 Å². The molecular formula is C14H12BrClN2O2S. The second-order valence-corrected chi connectivity index (χ2v) is 7.10. The fourth-order valence-corrected chi connectivity index (χ4v) is 3.24. The largest absolute Gasteiger partial charge is 0.350 e. The van der Waals surface area contributed by atoms with Gasteiger partial charge < -0.3 is 10.6 Å². The molecule has 0 radical (unpaired) electrons. The molecule has 1 heterocycles. The van der Waals surface area contributed by atoms with Crippen LogP contribution in [-0.4, -0.2) is 18.4 Å². The standard InChI is InChI=1S/C14H12BrClN2O2S/c15-12-6-5-9(21-12)7-17-13(19)8-18-14(20)10-3-1-2-4-11(10)16/h1-6H,7-8H2,(H,17,19)(H,18,20). The predicted octanol–water partition coefficient (Wildman–Crippen LogP) is 3.21. The highest BCUT2D eigenvalue weighted by Crippen LogP contribution is 2.21. The molecule has 0 unspecified atom stereocenters. The first kappa shape index (κ1) is 16.0. The highest BCUT2D eigenvalue weighted by molar-refractivity contribution is 9.11. The van der Waals surface area contributed by atoms with Crippen molar-refractivity contribution < 1.29 is 9.59 Å². The Hall–Kier alpha value is -1.37. The molecule has 0 fully saturated rings. The number of thiophene rings is 1. The lowest BCUT2D eigenvalue weighted by molar-refractivity contribution is -0.120. The Morgan fingerprint density at radius 3 is 2.57 bits per heavy atom. The van der Waals surface area contributed by atoms with Gasteiger partial charge in [-0.2, -0.15) is 0 Å². The maximum absolute atomic E-state index is 11.9. The lowest BCUT2D eigenvalue weighted by Gasteiger charge is -2.07. The molecule has 4 nitrogen and oxygen atoms in total. The average molecular weight is 388 g/mol. The molecule has 0 saturated heterocycles. The highest BCUT2D eigenvalue weighted by atomic mass is 79.9. The van der Waals surface area contributed by atoms with Gasteiger partial charge in [0.25, 0.3) is 5.91 Å². The third-order valence-electron chi connectivity index (χ3n) is 2.62. The number of carbonyl (C=O) groups is 2. The minimum atomic E-state index is -0.366. The number of hydrogen-bond acceptors (Lipinski definition) is 3. The molecule has 1 aromatic heterocycles. The molecular weight excluding hydrogens is 376 g/mol. The molecule has 0 aliphatic carbocycles. The van der Waals surface area contributed by atoms with E-state index < -0.39 is 0 Å².